The molecule has 1 fully saturated rings. The average molecular weight is 669 g/mol. The van der Waals surface area contributed by atoms with Crippen LogP contribution < -0.4 is 5.32 Å². The van der Waals surface area contributed by atoms with E-state index in [9.17, 15) is 13.2 Å². The third-order valence-electron chi connectivity index (χ3n) is 8.46. The van der Waals surface area contributed by atoms with E-state index in [0.29, 0.717) is 32.9 Å². The van der Waals surface area contributed by atoms with E-state index in [1.54, 1.807) is 0 Å². The summed E-state index contributed by atoms with van der Waals surface area (Å²) in [5.74, 6) is 0.00776. The van der Waals surface area contributed by atoms with E-state index < -0.39 is 30.1 Å². The third kappa shape index (κ3) is 9.73. The molecule has 0 amide bonds. The molecule has 2 heterocycles. The summed E-state index contributed by atoms with van der Waals surface area (Å²) >= 11 is 0. The lowest BCUT2D eigenvalue weighted by molar-refractivity contribution is -0.163. The van der Waals surface area contributed by atoms with Gasteiger partial charge in [-0.3, -0.25) is 9.88 Å². The molecule has 0 saturated carbocycles. The largest absolute Gasteiger partial charge is 0.434 e. The van der Waals surface area contributed by atoms with Crippen molar-refractivity contribution in [3.63, 3.8) is 0 Å². The highest BCUT2D eigenvalue weighted by Gasteiger charge is 2.46. The van der Waals surface area contributed by atoms with Crippen LogP contribution in [0.25, 0.3) is 0 Å². The van der Waals surface area contributed by atoms with Gasteiger partial charge in [-0.15, -0.1) is 0 Å². The first kappa shape index (κ1) is 34.3. The van der Waals surface area contributed by atoms with Crippen LogP contribution in [0.5, 0.6) is 0 Å². The maximum atomic E-state index is 13.7. The van der Waals surface area contributed by atoms with Gasteiger partial charge in [0.05, 0.1) is 50.9 Å². The molecule has 0 bridgehead atoms. The van der Waals surface area contributed by atoms with Gasteiger partial charge in [-0.1, -0.05) is 121 Å². The van der Waals surface area contributed by atoms with Gasteiger partial charge in [-0.25, -0.2) is 4.98 Å². The standard InChI is InChI=1S/C39H39F3N4O3/c40-39(41,42)35-21-43-22-36(45-35)44-33-24-46(23-29-13-5-1-6-14-29)34(28-47-25-30-15-7-2-8-16-30)38(49-27-32-19-11-4-12-20-32)37(33)48-26-31-17-9-3-10-18-31/h1-22,33-34,37-38H,23-28H2,(H,44,45)/t33-,34+,37+,38-/m0/s1. The number of hydrogen-bond donors (Lipinski definition) is 1. The minimum atomic E-state index is -4.64. The monoisotopic (exact) mass is 668 g/mol. The molecule has 49 heavy (non-hydrogen) atoms. The van der Waals surface area contributed by atoms with E-state index in [-0.39, 0.29) is 18.5 Å². The summed E-state index contributed by atoms with van der Waals surface area (Å²) in [6.07, 6.45) is -3.75. The van der Waals surface area contributed by atoms with Crippen LogP contribution in [-0.4, -0.2) is 52.3 Å². The summed E-state index contributed by atoms with van der Waals surface area (Å²) in [4.78, 5) is 9.99. The van der Waals surface area contributed by atoms with Crippen LogP contribution in [0.2, 0.25) is 0 Å². The molecule has 4 aromatic carbocycles. The predicted molar refractivity (Wildman–Crippen MR) is 181 cm³/mol. The number of nitrogens with one attached hydrogen (secondary N) is 1. The molecule has 6 rings (SSSR count). The van der Waals surface area contributed by atoms with Gasteiger partial charge in [0.15, 0.2) is 5.69 Å². The highest BCUT2D eigenvalue weighted by Crippen LogP contribution is 2.31. The van der Waals surface area contributed by atoms with Crippen LogP contribution in [0.3, 0.4) is 0 Å². The number of hydrogen-bond acceptors (Lipinski definition) is 7. The lowest BCUT2D eigenvalue weighted by Crippen LogP contribution is -2.65. The highest BCUT2D eigenvalue weighted by atomic mass is 19.4. The van der Waals surface area contributed by atoms with Gasteiger partial charge in [-0.2, -0.15) is 13.2 Å². The van der Waals surface area contributed by atoms with Crippen molar-refractivity contribution >= 4 is 5.82 Å². The maximum Gasteiger partial charge on any atom is 0.434 e. The Labute approximate surface area is 284 Å². The first-order chi connectivity index (χ1) is 23.9. The smallest absolute Gasteiger partial charge is 0.375 e. The summed E-state index contributed by atoms with van der Waals surface area (Å²) < 4.78 is 60.8. The van der Waals surface area contributed by atoms with Crippen molar-refractivity contribution in [1.82, 2.24) is 14.9 Å². The van der Waals surface area contributed by atoms with Crippen LogP contribution >= 0.6 is 0 Å². The summed E-state index contributed by atoms with van der Waals surface area (Å²) in [6, 6.07) is 38.9. The van der Waals surface area contributed by atoms with E-state index in [1.165, 1.54) is 6.20 Å². The Morgan fingerprint density at radius 3 is 1.71 bits per heavy atom. The van der Waals surface area contributed by atoms with Crippen molar-refractivity contribution in [2.75, 3.05) is 18.5 Å². The van der Waals surface area contributed by atoms with Crippen molar-refractivity contribution in [3.8, 4) is 0 Å². The fourth-order valence-corrected chi connectivity index (χ4v) is 6.06. The van der Waals surface area contributed by atoms with E-state index in [1.807, 2.05) is 109 Å². The van der Waals surface area contributed by atoms with Crippen LogP contribution in [0.15, 0.2) is 134 Å². The van der Waals surface area contributed by atoms with Crippen molar-refractivity contribution < 1.29 is 27.4 Å². The molecule has 5 aromatic rings. The van der Waals surface area contributed by atoms with Crippen LogP contribution in [-0.2, 0) is 46.8 Å². The molecule has 0 unspecified atom stereocenters. The number of anilines is 1. The Morgan fingerprint density at radius 2 is 1.16 bits per heavy atom. The molecule has 1 aromatic heterocycles. The number of alkyl halides is 3. The molecule has 1 aliphatic rings. The zero-order valence-electron chi connectivity index (χ0n) is 27.0. The third-order valence-corrected chi connectivity index (χ3v) is 8.46. The summed E-state index contributed by atoms with van der Waals surface area (Å²) in [6.45, 7) is 2.31. The number of likely N-dealkylation sites (tertiary alicyclic amines) is 1. The summed E-state index contributed by atoms with van der Waals surface area (Å²) in [5, 5.41) is 3.27. The molecular weight excluding hydrogens is 629 g/mol. The predicted octanol–water partition coefficient (Wildman–Crippen LogP) is 7.55. The number of benzene rings is 4. The van der Waals surface area contributed by atoms with Gasteiger partial charge < -0.3 is 19.5 Å². The zero-order chi connectivity index (χ0) is 33.9. The number of piperidine rings is 1. The fraction of sp³-hybridized carbons (Fsp3) is 0.282. The van der Waals surface area contributed by atoms with E-state index in [4.69, 9.17) is 14.2 Å². The van der Waals surface area contributed by atoms with Crippen LogP contribution in [0, 0.1) is 0 Å². The average Bonchev–Trinajstić information content (AvgIpc) is 3.13. The topological polar surface area (TPSA) is 68.7 Å². The Morgan fingerprint density at radius 1 is 0.653 bits per heavy atom. The van der Waals surface area contributed by atoms with Gasteiger partial charge >= 0.3 is 6.18 Å². The molecule has 4 atom stereocenters. The first-order valence-corrected chi connectivity index (χ1v) is 16.3. The van der Waals surface area contributed by atoms with Gasteiger partial charge in [0.2, 0.25) is 0 Å². The minimum Gasteiger partial charge on any atom is -0.375 e. The second-order valence-electron chi connectivity index (χ2n) is 12.0. The van der Waals surface area contributed by atoms with Crippen molar-refractivity contribution in [1.29, 1.82) is 0 Å². The zero-order valence-corrected chi connectivity index (χ0v) is 27.0. The number of halogens is 3. The van der Waals surface area contributed by atoms with E-state index in [0.717, 1.165) is 28.5 Å². The van der Waals surface area contributed by atoms with Crippen molar-refractivity contribution in [2.24, 2.45) is 0 Å². The van der Waals surface area contributed by atoms with Gasteiger partial charge in [0.25, 0.3) is 0 Å². The fourth-order valence-electron chi connectivity index (χ4n) is 6.06. The first-order valence-electron chi connectivity index (χ1n) is 16.3. The Kier molecular flexibility index (Phi) is 11.7. The number of aromatic nitrogens is 2. The summed E-state index contributed by atoms with van der Waals surface area (Å²) in [5.41, 5.74) is 3.01. The number of nitrogens with zero attached hydrogens (tertiary/aromatic N) is 3. The maximum absolute atomic E-state index is 13.7. The Balaban J connectivity index is 1.36. The Bertz CT molecular complexity index is 1700. The molecule has 1 saturated heterocycles. The van der Waals surface area contributed by atoms with E-state index in [2.05, 4.69) is 32.3 Å². The molecular formula is C39H39F3N4O3. The molecule has 7 nitrogen and oxygen atoms in total. The van der Waals surface area contributed by atoms with Gasteiger partial charge in [-0.05, 0) is 22.3 Å². The molecule has 1 aliphatic heterocycles. The quantitative estimate of drug-likeness (QED) is 0.131. The summed E-state index contributed by atoms with van der Waals surface area (Å²) in [7, 11) is 0. The second-order valence-corrected chi connectivity index (χ2v) is 12.0. The second kappa shape index (κ2) is 16.7. The van der Waals surface area contributed by atoms with Crippen molar-refractivity contribution in [2.45, 2.75) is 56.8 Å². The van der Waals surface area contributed by atoms with Gasteiger partial charge in [0.1, 0.15) is 18.0 Å². The van der Waals surface area contributed by atoms with Gasteiger partial charge in [0, 0.05) is 13.1 Å². The van der Waals surface area contributed by atoms with E-state index >= 15 is 0 Å². The van der Waals surface area contributed by atoms with Crippen molar-refractivity contribution in [3.05, 3.63) is 162 Å². The highest BCUT2D eigenvalue weighted by molar-refractivity contribution is 5.35. The molecule has 1 N–H and O–H groups in total. The Hall–Kier alpha value is -4.61. The molecule has 0 spiro atoms. The lowest BCUT2D eigenvalue weighted by Gasteiger charge is -2.49. The minimum absolute atomic E-state index is 0.00776. The normalized spacial score (nSPS) is 19.8. The number of ether oxygens (including phenoxy) is 3. The molecule has 0 aliphatic carbocycles. The molecule has 254 valence electrons. The molecule has 0 radical (unpaired) electrons. The number of rotatable bonds is 14. The molecule has 10 heteroatoms. The van der Waals surface area contributed by atoms with Crippen LogP contribution in [0.1, 0.15) is 27.9 Å². The SMILES string of the molecule is FC(F)(F)c1cncc(N[C@H]2CN(Cc3ccccc3)[C@H](COCc3ccccc3)[C@H](OCc3ccccc3)[C@@H]2OCc2ccccc2)n1. The van der Waals surface area contributed by atoms with Crippen LogP contribution in [0.4, 0.5) is 19.0 Å². The lowest BCUT2D eigenvalue weighted by atomic mass is 9.91.